The van der Waals surface area contributed by atoms with Crippen molar-refractivity contribution in [3.63, 3.8) is 0 Å². The standard InChI is InChI=1S/C12H16N4O3/c1-5(2)10-11(18)6-3-8(15-16-12(13)19)9(17)4-7(6)14-10/h3-5,10-11,14,17-18H,1-2H3,(H2,13,19). The minimum atomic E-state index is -0.946. The van der Waals surface area contributed by atoms with Crippen molar-refractivity contribution < 1.29 is 15.0 Å². The lowest BCUT2D eigenvalue weighted by atomic mass is 9.97. The van der Waals surface area contributed by atoms with Crippen LogP contribution in [0.5, 0.6) is 5.75 Å². The molecule has 5 N–H and O–H groups in total. The van der Waals surface area contributed by atoms with Crippen LogP contribution in [0.1, 0.15) is 25.5 Å². The summed E-state index contributed by atoms with van der Waals surface area (Å²) >= 11 is 0. The second-order valence-corrected chi connectivity index (χ2v) is 4.83. The van der Waals surface area contributed by atoms with Crippen LogP contribution in [-0.2, 0) is 0 Å². The van der Waals surface area contributed by atoms with E-state index in [1.54, 1.807) is 0 Å². The highest BCUT2D eigenvalue weighted by atomic mass is 16.3. The lowest BCUT2D eigenvalue weighted by Gasteiger charge is -2.19. The number of aromatic hydroxyl groups is 1. The van der Waals surface area contributed by atoms with Crippen LogP contribution in [0.3, 0.4) is 0 Å². The fourth-order valence-corrected chi connectivity index (χ4v) is 2.13. The van der Waals surface area contributed by atoms with E-state index in [1.165, 1.54) is 12.1 Å². The molecule has 0 radical (unpaired) electrons. The predicted octanol–water partition coefficient (Wildman–Crippen LogP) is 2.04. The van der Waals surface area contributed by atoms with Gasteiger partial charge in [-0.2, -0.15) is 0 Å². The summed E-state index contributed by atoms with van der Waals surface area (Å²) < 4.78 is 0. The van der Waals surface area contributed by atoms with E-state index in [2.05, 4.69) is 15.5 Å². The van der Waals surface area contributed by atoms with Gasteiger partial charge in [0.2, 0.25) is 0 Å². The Balaban J connectivity index is 2.38. The average molecular weight is 264 g/mol. The number of hydrogen-bond acceptors (Lipinski definition) is 5. The fraction of sp³-hybridized carbons (Fsp3) is 0.417. The highest BCUT2D eigenvalue weighted by Gasteiger charge is 2.33. The zero-order chi connectivity index (χ0) is 14.2. The molecule has 0 fully saturated rings. The number of hydrogen-bond donors (Lipinski definition) is 4. The van der Waals surface area contributed by atoms with Gasteiger partial charge >= 0.3 is 6.03 Å². The molecule has 1 aliphatic rings. The molecule has 7 nitrogen and oxygen atoms in total. The topological polar surface area (TPSA) is 120 Å². The number of phenolic OH excluding ortho intramolecular Hbond substituents is 1. The summed E-state index contributed by atoms with van der Waals surface area (Å²) in [6.45, 7) is 3.97. The van der Waals surface area contributed by atoms with Crippen molar-refractivity contribution in [2.45, 2.75) is 26.0 Å². The Bertz CT molecular complexity index is 542. The third kappa shape index (κ3) is 2.50. The molecule has 0 aliphatic carbocycles. The first kappa shape index (κ1) is 13.3. The van der Waals surface area contributed by atoms with Gasteiger partial charge in [0.15, 0.2) is 0 Å². The van der Waals surface area contributed by atoms with E-state index in [9.17, 15) is 15.0 Å². The number of nitrogens with one attached hydrogen (secondary N) is 1. The van der Waals surface area contributed by atoms with Crippen molar-refractivity contribution in [3.8, 4) is 5.75 Å². The number of nitrogens with two attached hydrogens (primary N) is 1. The summed E-state index contributed by atoms with van der Waals surface area (Å²) in [5, 5.41) is 29.8. The number of azo groups is 1. The first-order valence-electron chi connectivity index (χ1n) is 5.93. The number of benzene rings is 1. The number of carbonyl (C=O) groups is 1. The van der Waals surface area contributed by atoms with Crippen molar-refractivity contribution in [1.82, 2.24) is 0 Å². The van der Waals surface area contributed by atoms with Gasteiger partial charge in [0.25, 0.3) is 0 Å². The second kappa shape index (κ2) is 4.85. The quantitative estimate of drug-likeness (QED) is 0.611. The summed E-state index contributed by atoms with van der Waals surface area (Å²) in [4.78, 5) is 10.5. The number of anilines is 1. The Hall–Kier alpha value is -2.15. The van der Waals surface area contributed by atoms with E-state index in [4.69, 9.17) is 5.73 Å². The summed E-state index contributed by atoms with van der Waals surface area (Å²) in [5.74, 6) is 0.0908. The first-order valence-corrected chi connectivity index (χ1v) is 5.93. The lowest BCUT2D eigenvalue weighted by molar-refractivity contribution is 0.145. The molecule has 0 spiro atoms. The molecular formula is C12H16N4O3. The van der Waals surface area contributed by atoms with Crippen LogP contribution in [0.4, 0.5) is 16.2 Å². The zero-order valence-electron chi connectivity index (χ0n) is 10.7. The molecule has 0 saturated carbocycles. The summed E-state index contributed by atoms with van der Waals surface area (Å²) in [7, 11) is 0. The number of carbonyl (C=O) groups excluding carboxylic acids is 1. The molecule has 2 amide bonds. The van der Waals surface area contributed by atoms with E-state index in [1.807, 2.05) is 13.8 Å². The first-order chi connectivity index (χ1) is 8.90. The number of amides is 2. The molecule has 1 aromatic rings. The van der Waals surface area contributed by atoms with Gasteiger partial charge in [-0.25, -0.2) is 4.79 Å². The molecule has 19 heavy (non-hydrogen) atoms. The third-order valence-electron chi connectivity index (χ3n) is 3.10. The minimum Gasteiger partial charge on any atom is -0.506 e. The molecule has 0 saturated heterocycles. The molecule has 2 atom stereocenters. The molecule has 2 unspecified atom stereocenters. The summed E-state index contributed by atoms with van der Waals surface area (Å²) in [6, 6.07) is 1.88. The Morgan fingerprint density at radius 1 is 1.47 bits per heavy atom. The van der Waals surface area contributed by atoms with Crippen LogP contribution in [0.2, 0.25) is 0 Å². The molecule has 0 bridgehead atoms. The Kier molecular flexibility index (Phi) is 3.39. The van der Waals surface area contributed by atoms with Crippen LogP contribution >= 0.6 is 0 Å². The molecular weight excluding hydrogens is 248 g/mol. The summed E-state index contributed by atoms with van der Waals surface area (Å²) in [6.07, 6.45) is -0.696. The number of aliphatic hydroxyl groups is 1. The Morgan fingerprint density at radius 2 is 2.16 bits per heavy atom. The maximum Gasteiger partial charge on any atom is 0.356 e. The smallest absolute Gasteiger partial charge is 0.356 e. The van der Waals surface area contributed by atoms with Crippen molar-refractivity contribution in [3.05, 3.63) is 17.7 Å². The maximum atomic E-state index is 10.5. The third-order valence-corrected chi connectivity index (χ3v) is 3.10. The number of fused-ring (bicyclic) bond motifs is 1. The highest BCUT2D eigenvalue weighted by molar-refractivity contribution is 5.73. The molecule has 1 aliphatic heterocycles. The monoisotopic (exact) mass is 264 g/mol. The van der Waals surface area contributed by atoms with Crippen molar-refractivity contribution >= 4 is 17.4 Å². The largest absolute Gasteiger partial charge is 0.506 e. The van der Waals surface area contributed by atoms with Gasteiger partial charge in [-0.05, 0) is 12.0 Å². The molecule has 1 heterocycles. The molecule has 7 heteroatoms. The molecule has 0 aromatic heterocycles. The SMILES string of the molecule is CC(C)C1Nc2cc(O)c(N=NC(N)=O)cc2C1O. The Morgan fingerprint density at radius 3 is 2.74 bits per heavy atom. The number of primary amides is 1. The number of aliphatic hydroxyl groups excluding tert-OH is 1. The van der Waals surface area contributed by atoms with Gasteiger partial charge in [0.1, 0.15) is 17.5 Å². The van der Waals surface area contributed by atoms with Crippen molar-refractivity contribution in [1.29, 1.82) is 0 Å². The Labute approximate surface area is 110 Å². The molecule has 1 aromatic carbocycles. The summed E-state index contributed by atoms with van der Waals surface area (Å²) in [5.41, 5.74) is 6.22. The second-order valence-electron chi connectivity index (χ2n) is 4.83. The van der Waals surface area contributed by atoms with Crippen molar-refractivity contribution in [2.75, 3.05) is 5.32 Å². The van der Waals surface area contributed by atoms with Crippen molar-refractivity contribution in [2.24, 2.45) is 21.9 Å². The van der Waals surface area contributed by atoms with Gasteiger partial charge in [0.05, 0.1) is 6.04 Å². The van der Waals surface area contributed by atoms with Gasteiger partial charge in [-0.15, -0.1) is 5.11 Å². The predicted molar refractivity (Wildman–Crippen MR) is 69.4 cm³/mol. The van der Waals surface area contributed by atoms with Gasteiger partial charge in [-0.1, -0.05) is 19.0 Å². The van der Waals surface area contributed by atoms with E-state index in [0.717, 1.165) is 0 Å². The van der Waals surface area contributed by atoms with Crippen LogP contribution in [0.25, 0.3) is 0 Å². The molecule has 2 rings (SSSR count). The van der Waals surface area contributed by atoms with Gasteiger partial charge in [0, 0.05) is 17.3 Å². The highest BCUT2D eigenvalue weighted by Crippen LogP contribution is 2.43. The normalized spacial score (nSPS) is 21.7. The average Bonchev–Trinajstić information content (AvgIpc) is 2.63. The van der Waals surface area contributed by atoms with Gasteiger partial charge < -0.3 is 21.3 Å². The van der Waals surface area contributed by atoms with E-state index in [-0.39, 0.29) is 23.4 Å². The number of urea groups is 1. The number of rotatable bonds is 2. The fourth-order valence-electron chi connectivity index (χ4n) is 2.13. The zero-order valence-corrected chi connectivity index (χ0v) is 10.7. The van der Waals surface area contributed by atoms with Crippen LogP contribution < -0.4 is 11.1 Å². The van der Waals surface area contributed by atoms with E-state index < -0.39 is 12.1 Å². The minimum absolute atomic E-state index is 0.0998. The van der Waals surface area contributed by atoms with Crippen LogP contribution in [0, 0.1) is 5.92 Å². The number of nitrogens with zero attached hydrogens (tertiary/aromatic N) is 2. The van der Waals surface area contributed by atoms with E-state index in [0.29, 0.717) is 11.3 Å². The number of phenols is 1. The van der Waals surface area contributed by atoms with E-state index >= 15 is 0 Å². The lowest BCUT2D eigenvalue weighted by Crippen LogP contribution is -2.26. The maximum absolute atomic E-state index is 10.5. The van der Waals surface area contributed by atoms with Crippen LogP contribution in [0.15, 0.2) is 22.4 Å². The van der Waals surface area contributed by atoms with Gasteiger partial charge in [-0.3, -0.25) is 0 Å². The molecule has 102 valence electrons. The van der Waals surface area contributed by atoms with Crippen LogP contribution in [-0.4, -0.2) is 22.3 Å².